The summed E-state index contributed by atoms with van der Waals surface area (Å²) in [7, 11) is 0. The third kappa shape index (κ3) is 3.76. The SMILES string of the molecule is CCCCCCCCCC1(N)OC1(C)C. The summed E-state index contributed by atoms with van der Waals surface area (Å²) in [5.74, 6) is 0. The van der Waals surface area contributed by atoms with E-state index >= 15 is 0 Å². The second-order valence-electron chi connectivity index (χ2n) is 5.37. The van der Waals surface area contributed by atoms with Crippen LogP contribution in [0.4, 0.5) is 0 Å². The zero-order chi connectivity index (χ0) is 11.4. The third-order valence-electron chi connectivity index (χ3n) is 3.57. The zero-order valence-corrected chi connectivity index (χ0v) is 10.6. The molecule has 15 heavy (non-hydrogen) atoms. The van der Waals surface area contributed by atoms with E-state index in [1.807, 2.05) is 0 Å². The molecule has 0 aromatic rings. The van der Waals surface area contributed by atoms with Crippen LogP contribution in [0.3, 0.4) is 0 Å². The van der Waals surface area contributed by atoms with Crippen LogP contribution < -0.4 is 5.73 Å². The van der Waals surface area contributed by atoms with E-state index in [1.165, 1.54) is 44.9 Å². The van der Waals surface area contributed by atoms with E-state index in [-0.39, 0.29) is 11.3 Å². The average molecular weight is 213 g/mol. The van der Waals surface area contributed by atoms with E-state index in [0.29, 0.717) is 0 Å². The van der Waals surface area contributed by atoms with Gasteiger partial charge in [-0.05, 0) is 26.7 Å². The van der Waals surface area contributed by atoms with Crippen molar-refractivity contribution in [2.24, 2.45) is 5.73 Å². The maximum absolute atomic E-state index is 6.06. The Balaban J connectivity index is 1.90. The Kier molecular flexibility index (Phi) is 4.60. The summed E-state index contributed by atoms with van der Waals surface area (Å²) in [5.41, 5.74) is 5.68. The first-order valence-electron chi connectivity index (χ1n) is 6.51. The van der Waals surface area contributed by atoms with Crippen molar-refractivity contribution in [3.8, 4) is 0 Å². The maximum atomic E-state index is 6.06. The predicted molar refractivity (Wildman–Crippen MR) is 64.7 cm³/mol. The predicted octanol–water partition coefficient (Wildman–Crippen LogP) is 3.59. The van der Waals surface area contributed by atoms with Crippen molar-refractivity contribution in [1.29, 1.82) is 0 Å². The van der Waals surface area contributed by atoms with Crippen LogP contribution in [0.15, 0.2) is 0 Å². The molecule has 1 fully saturated rings. The molecule has 0 aromatic heterocycles. The minimum atomic E-state index is -0.309. The Morgan fingerprint density at radius 3 is 1.87 bits per heavy atom. The molecule has 1 rings (SSSR count). The van der Waals surface area contributed by atoms with Gasteiger partial charge in [-0.1, -0.05) is 45.4 Å². The lowest BCUT2D eigenvalue weighted by atomic mass is 9.98. The fourth-order valence-electron chi connectivity index (χ4n) is 2.13. The van der Waals surface area contributed by atoms with Gasteiger partial charge in [-0.15, -0.1) is 0 Å². The van der Waals surface area contributed by atoms with E-state index in [2.05, 4.69) is 20.8 Å². The molecule has 0 aliphatic carbocycles. The molecule has 1 heterocycles. The second-order valence-corrected chi connectivity index (χ2v) is 5.37. The highest BCUT2D eigenvalue weighted by Crippen LogP contribution is 2.46. The van der Waals surface area contributed by atoms with Gasteiger partial charge in [0, 0.05) is 0 Å². The summed E-state index contributed by atoms with van der Waals surface area (Å²) in [6, 6.07) is 0. The van der Waals surface area contributed by atoms with Crippen LogP contribution >= 0.6 is 0 Å². The molecule has 0 saturated carbocycles. The van der Waals surface area contributed by atoms with Crippen molar-refractivity contribution in [2.75, 3.05) is 0 Å². The number of unbranched alkanes of at least 4 members (excludes halogenated alkanes) is 6. The Morgan fingerprint density at radius 1 is 0.933 bits per heavy atom. The van der Waals surface area contributed by atoms with E-state index in [4.69, 9.17) is 10.5 Å². The molecule has 90 valence electrons. The molecule has 1 aliphatic rings. The lowest BCUT2D eigenvalue weighted by Gasteiger charge is -2.08. The molecule has 0 spiro atoms. The quantitative estimate of drug-likeness (QED) is 0.494. The number of rotatable bonds is 8. The highest BCUT2D eigenvalue weighted by molar-refractivity contribution is 5.05. The van der Waals surface area contributed by atoms with Crippen molar-refractivity contribution >= 4 is 0 Å². The van der Waals surface area contributed by atoms with Crippen molar-refractivity contribution in [3.05, 3.63) is 0 Å². The molecule has 1 atom stereocenters. The average Bonchev–Trinajstić information content (AvgIpc) is 2.65. The summed E-state index contributed by atoms with van der Waals surface area (Å²) in [6.07, 6.45) is 10.4. The third-order valence-corrected chi connectivity index (χ3v) is 3.57. The molecule has 2 heteroatoms. The highest BCUT2D eigenvalue weighted by Gasteiger charge is 2.60. The van der Waals surface area contributed by atoms with Gasteiger partial charge in [0.1, 0.15) is 11.3 Å². The topological polar surface area (TPSA) is 38.5 Å². The van der Waals surface area contributed by atoms with E-state index in [1.54, 1.807) is 0 Å². The summed E-state index contributed by atoms with van der Waals surface area (Å²) in [4.78, 5) is 0. The first kappa shape index (κ1) is 13.0. The summed E-state index contributed by atoms with van der Waals surface area (Å²) < 4.78 is 5.51. The summed E-state index contributed by atoms with van der Waals surface area (Å²) >= 11 is 0. The van der Waals surface area contributed by atoms with Gasteiger partial charge in [-0.3, -0.25) is 0 Å². The van der Waals surface area contributed by atoms with Crippen molar-refractivity contribution in [1.82, 2.24) is 0 Å². The lowest BCUT2D eigenvalue weighted by molar-refractivity contribution is 0.265. The number of nitrogens with two attached hydrogens (primary N) is 1. The lowest BCUT2D eigenvalue weighted by Crippen LogP contribution is -2.31. The minimum Gasteiger partial charge on any atom is -0.347 e. The molecule has 2 nitrogen and oxygen atoms in total. The zero-order valence-electron chi connectivity index (χ0n) is 10.6. The van der Waals surface area contributed by atoms with Crippen molar-refractivity contribution in [2.45, 2.75) is 83.5 Å². The monoisotopic (exact) mass is 213 g/mol. The maximum Gasteiger partial charge on any atom is 0.146 e. The largest absolute Gasteiger partial charge is 0.347 e. The van der Waals surface area contributed by atoms with Crippen LogP contribution in [0, 0.1) is 0 Å². The van der Waals surface area contributed by atoms with E-state index in [9.17, 15) is 0 Å². The molecule has 2 N–H and O–H groups in total. The first-order valence-corrected chi connectivity index (χ1v) is 6.51. The molecular weight excluding hydrogens is 186 g/mol. The number of hydrogen-bond acceptors (Lipinski definition) is 2. The molecular formula is C13H27NO. The van der Waals surface area contributed by atoms with Gasteiger partial charge in [0.2, 0.25) is 0 Å². The first-order chi connectivity index (χ1) is 7.02. The normalized spacial score (nSPS) is 28.0. The molecule has 0 aromatic carbocycles. The standard InChI is InChI=1S/C13H27NO/c1-4-5-6-7-8-9-10-11-13(14)12(2,3)15-13/h4-11,14H2,1-3H3. The van der Waals surface area contributed by atoms with Gasteiger partial charge < -0.3 is 10.5 Å². The van der Waals surface area contributed by atoms with Crippen LogP contribution in [0.2, 0.25) is 0 Å². The van der Waals surface area contributed by atoms with Crippen LogP contribution in [0.1, 0.15) is 72.1 Å². The van der Waals surface area contributed by atoms with Gasteiger partial charge in [-0.25, -0.2) is 0 Å². The molecule has 1 unspecified atom stereocenters. The Morgan fingerprint density at radius 2 is 1.40 bits per heavy atom. The highest BCUT2D eigenvalue weighted by atomic mass is 16.6. The molecule has 0 radical (unpaired) electrons. The number of epoxide rings is 1. The van der Waals surface area contributed by atoms with Crippen molar-refractivity contribution < 1.29 is 4.74 Å². The molecule has 0 amide bonds. The molecule has 0 bridgehead atoms. The smallest absolute Gasteiger partial charge is 0.146 e. The Labute approximate surface area is 94.6 Å². The molecule has 1 saturated heterocycles. The van der Waals surface area contributed by atoms with Gasteiger partial charge in [-0.2, -0.15) is 0 Å². The number of ether oxygens (including phenoxy) is 1. The fraction of sp³-hybridized carbons (Fsp3) is 1.00. The van der Waals surface area contributed by atoms with Crippen LogP contribution in [0.5, 0.6) is 0 Å². The Hall–Kier alpha value is -0.0800. The number of hydrogen-bond donors (Lipinski definition) is 1. The minimum absolute atomic E-state index is 0.0742. The molecule has 1 aliphatic heterocycles. The Bertz CT molecular complexity index is 191. The van der Waals surface area contributed by atoms with Crippen molar-refractivity contribution in [3.63, 3.8) is 0 Å². The van der Waals surface area contributed by atoms with Crippen LogP contribution in [-0.2, 0) is 4.74 Å². The van der Waals surface area contributed by atoms with Crippen LogP contribution in [-0.4, -0.2) is 11.3 Å². The van der Waals surface area contributed by atoms with E-state index in [0.717, 1.165) is 6.42 Å². The fourth-order valence-corrected chi connectivity index (χ4v) is 2.13. The van der Waals surface area contributed by atoms with Gasteiger partial charge in [0.25, 0.3) is 0 Å². The summed E-state index contributed by atoms with van der Waals surface area (Å²) in [5, 5.41) is 0. The van der Waals surface area contributed by atoms with Gasteiger partial charge >= 0.3 is 0 Å². The van der Waals surface area contributed by atoms with E-state index < -0.39 is 0 Å². The van der Waals surface area contributed by atoms with Crippen LogP contribution in [0.25, 0.3) is 0 Å². The van der Waals surface area contributed by atoms with Gasteiger partial charge in [0.05, 0.1) is 0 Å². The summed E-state index contributed by atoms with van der Waals surface area (Å²) in [6.45, 7) is 6.41. The second kappa shape index (κ2) is 5.31. The van der Waals surface area contributed by atoms with Gasteiger partial charge in [0.15, 0.2) is 0 Å².